The molecule has 0 saturated heterocycles. The first kappa shape index (κ1) is 15.7. The third-order valence-electron chi connectivity index (χ3n) is 3.44. The maximum absolute atomic E-state index is 14.4. The predicted octanol–water partition coefficient (Wildman–Crippen LogP) is 4.66. The van der Waals surface area contributed by atoms with Crippen molar-refractivity contribution >= 4 is 17.5 Å². The van der Waals surface area contributed by atoms with Gasteiger partial charge in [0.1, 0.15) is 17.5 Å². The van der Waals surface area contributed by atoms with Crippen LogP contribution in [0.1, 0.15) is 19.4 Å². The molecule has 0 bridgehead atoms. The second-order valence-corrected chi connectivity index (χ2v) is 5.60. The van der Waals surface area contributed by atoms with Crippen LogP contribution in [0.5, 0.6) is 5.75 Å². The molecular formula is C17H20FNOS. The molecule has 0 radical (unpaired) electrons. The standard InChI is InChI=1S/C17H20FNOS/c1-5-19-13(3)12(2)6-9-17(19)15-8-7-14(10-16(15)18)20-11-21-4/h6-10H,3,5,11H2,1-2,4H3. The number of allylic oxidation sites excluding steroid dienone is 3. The van der Waals surface area contributed by atoms with Crippen molar-refractivity contribution in [3.8, 4) is 5.75 Å². The topological polar surface area (TPSA) is 12.5 Å². The van der Waals surface area contributed by atoms with Crippen molar-refractivity contribution in [2.45, 2.75) is 13.8 Å². The van der Waals surface area contributed by atoms with Crippen molar-refractivity contribution < 1.29 is 9.13 Å². The van der Waals surface area contributed by atoms with E-state index in [-0.39, 0.29) is 5.82 Å². The van der Waals surface area contributed by atoms with E-state index in [0.717, 1.165) is 23.5 Å². The summed E-state index contributed by atoms with van der Waals surface area (Å²) in [5.41, 5.74) is 3.42. The fraction of sp³-hybridized carbons (Fsp3) is 0.294. The van der Waals surface area contributed by atoms with Gasteiger partial charge < -0.3 is 9.64 Å². The van der Waals surface area contributed by atoms with Crippen molar-refractivity contribution in [3.05, 3.63) is 59.6 Å². The van der Waals surface area contributed by atoms with Gasteiger partial charge in [0.15, 0.2) is 0 Å². The average Bonchev–Trinajstić information content (AvgIpc) is 2.48. The van der Waals surface area contributed by atoms with Crippen LogP contribution in [0.15, 0.2) is 48.2 Å². The van der Waals surface area contributed by atoms with Crippen LogP contribution in [-0.2, 0) is 0 Å². The van der Waals surface area contributed by atoms with Gasteiger partial charge in [0.2, 0.25) is 0 Å². The minimum Gasteiger partial charge on any atom is -0.483 e. The molecule has 0 saturated carbocycles. The lowest BCUT2D eigenvalue weighted by molar-refractivity contribution is 0.390. The lowest BCUT2D eigenvalue weighted by Crippen LogP contribution is -2.23. The Morgan fingerprint density at radius 1 is 1.33 bits per heavy atom. The summed E-state index contributed by atoms with van der Waals surface area (Å²) in [6.45, 7) is 8.87. The molecule has 0 aromatic heterocycles. The summed E-state index contributed by atoms with van der Waals surface area (Å²) in [4.78, 5) is 2.02. The summed E-state index contributed by atoms with van der Waals surface area (Å²) in [5, 5.41) is 0. The van der Waals surface area contributed by atoms with Gasteiger partial charge in [0, 0.05) is 23.9 Å². The van der Waals surface area contributed by atoms with Crippen LogP contribution in [0.3, 0.4) is 0 Å². The lowest BCUT2D eigenvalue weighted by Gasteiger charge is -2.31. The predicted molar refractivity (Wildman–Crippen MR) is 88.7 cm³/mol. The second-order valence-electron chi connectivity index (χ2n) is 4.79. The zero-order valence-corrected chi connectivity index (χ0v) is 13.5. The molecule has 0 fully saturated rings. The molecule has 0 spiro atoms. The number of likely N-dealkylation sites (N-methyl/N-ethyl adjacent to an activating group) is 1. The van der Waals surface area contributed by atoms with Crippen LogP contribution in [0, 0.1) is 5.82 Å². The van der Waals surface area contributed by atoms with E-state index in [9.17, 15) is 4.39 Å². The number of benzene rings is 1. The number of hydrogen-bond acceptors (Lipinski definition) is 3. The minimum atomic E-state index is -0.279. The molecule has 2 rings (SSSR count). The highest BCUT2D eigenvalue weighted by molar-refractivity contribution is 7.98. The molecule has 1 aliphatic heterocycles. The number of rotatable bonds is 5. The molecular weight excluding hydrogens is 285 g/mol. The van der Waals surface area contributed by atoms with E-state index in [2.05, 4.69) is 6.58 Å². The first-order chi connectivity index (χ1) is 10.1. The molecule has 1 aliphatic rings. The third-order valence-corrected chi connectivity index (χ3v) is 3.79. The van der Waals surface area contributed by atoms with E-state index in [1.807, 2.05) is 37.2 Å². The Bertz CT molecular complexity index is 607. The van der Waals surface area contributed by atoms with Gasteiger partial charge in [-0.1, -0.05) is 12.7 Å². The SMILES string of the molecule is C=C1C(C)=CC=C(c2ccc(OCSC)cc2F)N1CC. The van der Waals surface area contributed by atoms with Gasteiger partial charge in [-0.25, -0.2) is 4.39 Å². The van der Waals surface area contributed by atoms with Crippen molar-refractivity contribution in [2.24, 2.45) is 0 Å². The van der Waals surface area contributed by atoms with Crippen LogP contribution < -0.4 is 4.74 Å². The summed E-state index contributed by atoms with van der Waals surface area (Å²) in [6.07, 6.45) is 5.85. The van der Waals surface area contributed by atoms with Gasteiger partial charge in [-0.05, 0) is 43.9 Å². The highest BCUT2D eigenvalue weighted by atomic mass is 32.2. The highest BCUT2D eigenvalue weighted by Gasteiger charge is 2.20. The van der Waals surface area contributed by atoms with Crippen molar-refractivity contribution in [2.75, 3.05) is 18.7 Å². The Kier molecular flexibility index (Phi) is 5.12. The summed E-state index contributed by atoms with van der Waals surface area (Å²) in [7, 11) is 0. The minimum absolute atomic E-state index is 0.279. The van der Waals surface area contributed by atoms with Crippen molar-refractivity contribution in [1.82, 2.24) is 4.90 Å². The monoisotopic (exact) mass is 305 g/mol. The summed E-state index contributed by atoms with van der Waals surface area (Å²) in [6, 6.07) is 5.01. The first-order valence-electron chi connectivity index (χ1n) is 6.85. The zero-order chi connectivity index (χ0) is 15.4. The Hall–Kier alpha value is -1.68. The molecule has 1 heterocycles. The molecule has 0 unspecified atom stereocenters. The molecule has 112 valence electrons. The number of thioether (sulfide) groups is 1. The van der Waals surface area contributed by atoms with E-state index in [4.69, 9.17) is 4.74 Å². The number of ether oxygens (including phenoxy) is 1. The van der Waals surface area contributed by atoms with Crippen LogP contribution in [-0.4, -0.2) is 23.6 Å². The van der Waals surface area contributed by atoms with Crippen LogP contribution >= 0.6 is 11.8 Å². The quantitative estimate of drug-likeness (QED) is 0.734. The van der Waals surface area contributed by atoms with Crippen LogP contribution in [0.4, 0.5) is 4.39 Å². The smallest absolute Gasteiger partial charge is 0.136 e. The van der Waals surface area contributed by atoms with Gasteiger partial charge in [0.25, 0.3) is 0 Å². The molecule has 0 atom stereocenters. The molecule has 4 heteroatoms. The summed E-state index contributed by atoms with van der Waals surface area (Å²) >= 11 is 1.56. The molecule has 21 heavy (non-hydrogen) atoms. The zero-order valence-electron chi connectivity index (χ0n) is 12.6. The van der Waals surface area contributed by atoms with E-state index in [0.29, 0.717) is 17.3 Å². The van der Waals surface area contributed by atoms with Gasteiger partial charge >= 0.3 is 0 Å². The van der Waals surface area contributed by atoms with E-state index < -0.39 is 0 Å². The average molecular weight is 305 g/mol. The van der Waals surface area contributed by atoms with Gasteiger partial charge in [-0.2, -0.15) is 0 Å². The van der Waals surface area contributed by atoms with Crippen LogP contribution in [0.25, 0.3) is 5.70 Å². The molecule has 1 aromatic rings. The summed E-state index contributed by atoms with van der Waals surface area (Å²) < 4.78 is 19.8. The number of halogens is 1. The first-order valence-corrected chi connectivity index (χ1v) is 8.25. The number of nitrogens with zero attached hydrogens (tertiary/aromatic N) is 1. The fourth-order valence-electron chi connectivity index (χ4n) is 2.27. The van der Waals surface area contributed by atoms with Crippen LogP contribution in [0.2, 0.25) is 0 Å². The Morgan fingerprint density at radius 2 is 2.10 bits per heavy atom. The van der Waals surface area contributed by atoms with E-state index >= 15 is 0 Å². The Balaban J connectivity index is 2.35. The molecule has 2 nitrogen and oxygen atoms in total. The highest BCUT2D eigenvalue weighted by Crippen LogP contribution is 2.32. The molecule has 1 aromatic carbocycles. The fourth-order valence-corrected chi connectivity index (χ4v) is 2.52. The normalized spacial score (nSPS) is 14.9. The molecule has 0 amide bonds. The Labute approximate surface area is 130 Å². The lowest BCUT2D eigenvalue weighted by atomic mass is 10.0. The second kappa shape index (κ2) is 6.85. The van der Waals surface area contributed by atoms with Crippen molar-refractivity contribution in [1.29, 1.82) is 0 Å². The largest absolute Gasteiger partial charge is 0.483 e. The summed E-state index contributed by atoms with van der Waals surface area (Å²) in [5.74, 6) is 0.788. The van der Waals surface area contributed by atoms with Gasteiger partial charge in [0.05, 0.1) is 5.70 Å². The van der Waals surface area contributed by atoms with E-state index in [1.54, 1.807) is 23.9 Å². The number of hydrogen-bond donors (Lipinski definition) is 0. The van der Waals surface area contributed by atoms with Crippen molar-refractivity contribution in [3.63, 3.8) is 0 Å². The van der Waals surface area contributed by atoms with E-state index in [1.165, 1.54) is 6.07 Å². The molecule has 0 N–H and O–H groups in total. The Morgan fingerprint density at radius 3 is 2.71 bits per heavy atom. The maximum atomic E-state index is 14.4. The maximum Gasteiger partial charge on any atom is 0.136 e. The van der Waals surface area contributed by atoms with Gasteiger partial charge in [-0.3, -0.25) is 0 Å². The third kappa shape index (κ3) is 3.32. The molecule has 0 aliphatic carbocycles. The van der Waals surface area contributed by atoms with Gasteiger partial charge in [-0.15, -0.1) is 11.8 Å².